The van der Waals surface area contributed by atoms with Crippen LogP contribution in [0.1, 0.15) is 0 Å². The van der Waals surface area contributed by atoms with E-state index < -0.39 is 0 Å². The van der Waals surface area contributed by atoms with Crippen molar-refractivity contribution in [3.8, 4) is 0 Å². The molecular formula is C12H8N4O2S2. The number of thiazole rings is 2. The molecule has 2 aromatic heterocycles. The Bertz CT molecular complexity index is 640. The fraction of sp³-hybridized carbons (Fsp3) is 0. The molecule has 2 heterocycles. The first-order valence-electron chi connectivity index (χ1n) is 5.57. The van der Waals surface area contributed by atoms with E-state index in [0.717, 1.165) is 0 Å². The molecule has 1 aliphatic carbocycles. The minimum atomic E-state index is -0.279. The Kier molecular flexibility index (Phi) is 3.40. The Morgan fingerprint density at radius 1 is 0.800 bits per heavy atom. The number of aromatic nitrogens is 2. The van der Waals surface area contributed by atoms with Gasteiger partial charge in [0.25, 0.3) is 0 Å². The highest BCUT2D eigenvalue weighted by atomic mass is 32.1. The van der Waals surface area contributed by atoms with Gasteiger partial charge in [0, 0.05) is 35.3 Å². The maximum atomic E-state index is 12.0. The summed E-state index contributed by atoms with van der Waals surface area (Å²) in [7, 11) is 0. The zero-order chi connectivity index (χ0) is 13.9. The monoisotopic (exact) mass is 304 g/mol. The molecule has 0 bridgehead atoms. The van der Waals surface area contributed by atoms with Crippen LogP contribution < -0.4 is 10.6 Å². The van der Waals surface area contributed by atoms with Gasteiger partial charge in [-0.1, -0.05) is 0 Å². The zero-order valence-corrected chi connectivity index (χ0v) is 11.6. The number of nitrogens with one attached hydrogen (secondary N) is 2. The fourth-order valence-electron chi connectivity index (χ4n) is 1.56. The third kappa shape index (κ3) is 2.65. The summed E-state index contributed by atoms with van der Waals surface area (Å²) in [4.78, 5) is 31.9. The predicted octanol–water partition coefficient (Wildman–Crippen LogP) is 2.04. The van der Waals surface area contributed by atoms with E-state index in [4.69, 9.17) is 0 Å². The number of ketones is 2. The summed E-state index contributed by atoms with van der Waals surface area (Å²) in [6, 6.07) is 0. The number of carbonyl (C=O) groups is 2. The van der Waals surface area contributed by atoms with Gasteiger partial charge in [-0.2, -0.15) is 0 Å². The molecule has 0 radical (unpaired) electrons. The molecule has 2 N–H and O–H groups in total. The summed E-state index contributed by atoms with van der Waals surface area (Å²) in [6.45, 7) is 0. The van der Waals surface area contributed by atoms with Crippen molar-refractivity contribution in [1.82, 2.24) is 9.97 Å². The minimum Gasteiger partial charge on any atom is -0.328 e. The number of carbonyl (C=O) groups excluding carboxylic acids is 2. The third-order valence-corrected chi connectivity index (χ3v) is 3.81. The molecule has 0 saturated heterocycles. The van der Waals surface area contributed by atoms with Gasteiger partial charge in [0.15, 0.2) is 10.3 Å². The van der Waals surface area contributed by atoms with Crippen molar-refractivity contribution < 1.29 is 9.59 Å². The predicted molar refractivity (Wildman–Crippen MR) is 77.7 cm³/mol. The Balaban J connectivity index is 1.76. The van der Waals surface area contributed by atoms with Crippen LogP contribution in [0, 0.1) is 0 Å². The number of hydrogen-bond donors (Lipinski definition) is 2. The first-order chi connectivity index (χ1) is 9.72. The quantitative estimate of drug-likeness (QED) is 0.841. The second-order valence-corrected chi connectivity index (χ2v) is 5.56. The van der Waals surface area contributed by atoms with Crippen molar-refractivity contribution in [2.45, 2.75) is 0 Å². The molecule has 3 rings (SSSR count). The standard InChI is InChI=1S/C12H8N4O2S2/c17-9-6-8(16-12-14-2-4-20-12)10(18)5-7(9)15-11-13-1-3-19-11/h1-6H,(H,13,15)(H,14,16). The molecule has 8 heteroatoms. The van der Waals surface area contributed by atoms with Crippen LogP contribution in [0.4, 0.5) is 10.3 Å². The molecule has 0 fully saturated rings. The summed E-state index contributed by atoms with van der Waals surface area (Å²) in [5, 5.41) is 10.4. The highest BCUT2D eigenvalue weighted by molar-refractivity contribution is 7.13. The van der Waals surface area contributed by atoms with Gasteiger partial charge in [-0.05, 0) is 0 Å². The lowest BCUT2D eigenvalue weighted by atomic mass is 10.1. The molecule has 20 heavy (non-hydrogen) atoms. The Morgan fingerprint density at radius 3 is 1.60 bits per heavy atom. The highest BCUT2D eigenvalue weighted by Gasteiger charge is 2.21. The SMILES string of the molecule is O=C1C=C(Nc2nccs2)C(=O)C=C1Nc1nccs1. The average Bonchev–Trinajstić information content (AvgIpc) is 3.08. The van der Waals surface area contributed by atoms with Crippen LogP contribution in [-0.2, 0) is 9.59 Å². The molecule has 2 aromatic rings. The van der Waals surface area contributed by atoms with Crippen LogP contribution in [-0.4, -0.2) is 21.5 Å². The molecular weight excluding hydrogens is 296 g/mol. The van der Waals surface area contributed by atoms with Gasteiger partial charge in [0.05, 0.1) is 11.4 Å². The van der Waals surface area contributed by atoms with E-state index >= 15 is 0 Å². The van der Waals surface area contributed by atoms with E-state index in [-0.39, 0.29) is 23.0 Å². The summed E-state index contributed by atoms with van der Waals surface area (Å²) in [6.07, 6.45) is 5.77. The number of anilines is 2. The van der Waals surface area contributed by atoms with Crippen molar-refractivity contribution >= 4 is 44.5 Å². The topological polar surface area (TPSA) is 84.0 Å². The number of nitrogens with zero attached hydrogens (tertiary/aromatic N) is 2. The average molecular weight is 304 g/mol. The fourth-order valence-corrected chi connectivity index (χ4v) is 2.64. The first kappa shape index (κ1) is 12.7. The highest BCUT2D eigenvalue weighted by Crippen LogP contribution is 2.20. The van der Waals surface area contributed by atoms with Crippen LogP contribution >= 0.6 is 22.7 Å². The maximum Gasteiger partial charge on any atom is 0.204 e. The summed E-state index contributed by atoms with van der Waals surface area (Å²) in [5.74, 6) is -0.558. The van der Waals surface area contributed by atoms with Crippen molar-refractivity contribution in [3.63, 3.8) is 0 Å². The van der Waals surface area contributed by atoms with E-state index in [2.05, 4.69) is 20.6 Å². The van der Waals surface area contributed by atoms with Crippen molar-refractivity contribution in [3.05, 3.63) is 46.7 Å². The van der Waals surface area contributed by atoms with Crippen LogP contribution in [0.3, 0.4) is 0 Å². The molecule has 0 atom stereocenters. The van der Waals surface area contributed by atoms with Gasteiger partial charge in [-0.3, -0.25) is 9.59 Å². The van der Waals surface area contributed by atoms with E-state index in [1.165, 1.54) is 34.8 Å². The summed E-state index contributed by atoms with van der Waals surface area (Å²) < 4.78 is 0. The number of allylic oxidation sites excluding steroid dienone is 2. The first-order valence-corrected chi connectivity index (χ1v) is 7.33. The van der Waals surface area contributed by atoms with E-state index in [1.807, 2.05) is 0 Å². The largest absolute Gasteiger partial charge is 0.328 e. The lowest BCUT2D eigenvalue weighted by molar-refractivity contribution is -0.115. The molecule has 0 aliphatic heterocycles. The van der Waals surface area contributed by atoms with E-state index in [1.54, 1.807) is 23.2 Å². The molecule has 0 saturated carbocycles. The molecule has 1 aliphatic rings. The Morgan fingerprint density at radius 2 is 1.25 bits per heavy atom. The summed E-state index contributed by atoms with van der Waals surface area (Å²) in [5.41, 5.74) is 0.435. The number of rotatable bonds is 4. The second kappa shape index (κ2) is 5.35. The van der Waals surface area contributed by atoms with Gasteiger partial charge < -0.3 is 10.6 Å². The third-order valence-electron chi connectivity index (χ3n) is 2.43. The zero-order valence-electron chi connectivity index (χ0n) is 9.99. The van der Waals surface area contributed by atoms with Crippen molar-refractivity contribution in [2.24, 2.45) is 0 Å². The van der Waals surface area contributed by atoms with Crippen LogP contribution in [0.5, 0.6) is 0 Å². The number of hydrogen-bond acceptors (Lipinski definition) is 8. The normalized spacial score (nSPS) is 14.8. The molecule has 0 spiro atoms. The summed E-state index contributed by atoms with van der Waals surface area (Å²) >= 11 is 2.71. The van der Waals surface area contributed by atoms with E-state index in [9.17, 15) is 9.59 Å². The van der Waals surface area contributed by atoms with Gasteiger partial charge >= 0.3 is 0 Å². The molecule has 0 amide bonds. The van der Waals surface area contributed by atoms with Crippen LogP contribution in [0.15, 0.2) is 46.7 Å². The molecule has 0 unspecified atom stereocenters. The van der Waals surface area contributed by atoms with Crippen molar-refractivity contribution in [2.75, 3.05) is 10.6 Å². The Labute approximate surface area is 121 Å². The minimum absolute atomic E-state index is 0.217. The lowest BCUT2D eigenvalue weighted by Gasteiger charge is -2.12. The molecule has 0 aromatic carbocycles. The lowest BCUT2D eigenvalue weighted by Crippen LogP contribution is -2.21. The van der Waals surface area contributed by atoms with Crippen LogP contribution in [0.25, 0.3) is 0 Å². The van der Waals surface area contributed by atoms with Crippen LogP contribution in [0.2, 0.25) is 0 Å². The van der Waals surface area contributed by atoms with E-state index in [0.29, 0.717) is 10.3 Å². The molecule has 6 nitrogen and oxygen atoms in total. The Hall–Kier alpha value is -2.32. The van der Waals surface area contributed by atoms with Crippen molar-refractivity contribution in [1.29, 1.82) is 0 Å². The molecule has 100 valence electrons. The second-order valence-electron chi connectivity index (χ2n) is 3.77. The van der Waals surface area contributed by atoms with Gasteiger partial charge in [0.1, 0.15) is 0 Å². The van der Waals surface area contributed by atoms with Gasteiger partial charge in [-0.15, -0.1) is 22.7 Å². The van der Waals surface area contributed by atoms with Gasteiger partial charge in [-0.25, -0.2) is 9.97 Å². The van der Waals surface area contributed by atoms with Gasteiger partial charge in [0.2, 0.25) is 11.6 Å². The maximum absolute atomic E-state index is 12.0. The smallest absolute Gasteiger partial charge is 0.204 e.